The number of hydrogen-bond donors (Lipinski definition) is 2. The summed E-state index contributed by atoms with van der Waals surface area (Å²) >= 11 is 5.96. The first-order valence-electron chi connectivity index (χ1n) is 7.02. The van der Waals surface area contributed by atoms with Crippen molar-refractivity contribution in [2.75, 3.05) is 13.2 Å². The maximum atomic E-state index is 12.4. The summed E-state index contributed by atoms with van der Waals surface area (Å²) < 4.78 is 32.9. The van der Waals surface area contributed by atoms with E-state index in [0.29, 0.717) is 29.7 Å². The number of nitrogens with one attached hydrogen (secondary N) is 1. The van der Waals surface area contributed by atoms with Crippen molar-refractivity contribution in [3.8, 4) is 0 Å². The lowest BCUT2D eigenvalue weighted by molar-refractivity contribution is 0.0585. The Balaban J connectivity index is 2.14. The largest absolute Gasteiger partial charge is 0.381 e. The summed E-state index contributed by atoms with van der Waals surface area (Å²) in [5.74, 6) is 0.301. The average Bonchev–Trinajstić information content (AvgIpc) is 2.48. The topological polar surface area (TPSA) is 81.4 Å². The standard InChI is InChI=1S/C14H21ClN2O3S/c1-10(11-4-6-20-7-5-11)17-21(18,19)13-2-3-14(15)12(8-13)9-16/h2-3,8,10-11,17H,4-7,9,16H2,1H3. The lowest BCUT2D eigenvalue weighted by atomic mass is 9.94. The minimum Gasteiger partial charge on any atom is -0.381 e. The van der Waals surface area contributed by atoms with E-state index in [0.717, 1.165) is 12.8 Å². The molecule has 3 N–H and O–H groups in total. The number of benzene rings is 1. The molecule has 0 radical (unpaired) electrons. The van der Waals surface area contributed by atoms with Crippen LogP contribution < -0.4 is 10.5 Å². The highest BCUT2D eigenvalue weighted by molar-refractivity contribution is 7.89. The van der Waals surface area contributed by atoms with Crippen LogP contribution in [0, 0.1) is 5.92 Å². The first-order chi connectivity index (χ1) is 9.94. The van der Waals surface area contributed by atoms with Gasteiger partial charge in [0.25, 0.3) is 0 Å². The lowest BCUT2D eigenvalue weighted by Crippen LogP contribution is -2.40. The molecule has 1 unspecified atom stereocenters. The maximum Gasteiger partial charge on any atom is 0.240 e. The lowest BCUT2D eigenvalue weighted by Gasteiger charge is -2.28. The molecule has 0 aromatic heterocycles. The number of sulfonamides is 1. The second kappa shape index (κ2) is 7.07. The van der Waals surface area contributed by atoms with Gasteiger partial charge in [-0.1, -0.05) is 11.6 Å². The quantitative estimate of drug-likeness (QED) is 0.862. The predicted octanol–water partition coefficient (Wildman–Crippen LogP) is 1.89. The zero-order chi connectivity index (χ0) is 15.5. The predicted molar refractivity (Wildman–Crippen MR) is 82.7 cm³/mol. The van der Waals surface area contributed by atoms with E-state index in [2.05, 4.69) is 4.72 Å². The highest BCUT2D eigenvalue weighted by Gasteiger charge is 2.25. The molecule has 21 heavy (non-hydrogen) atoms. The van der Waals surface area contributed by atoms with Crippen LogP contribution in [-0.4, -0.2) is 27.7 Å². The highest BCUT2D eigenvalue weighted by atomic mass is 35.5. The maximum absolute atomic E-state index is 12.4. The molecular weight excluding hydrogens is 312 g/mol. The molecule has 5 nitrogen and oxygen atoms in total. The minimum atomic E-state index is -3.56. The van der Waals surface area contributed by atoms with Gasteiger partial charge in [-0.25, -0.2) is 13.1 Å². The Morgan fingerprint density at radius 1 is 1.43 bits per heavy atom. The molecule has 7 heteroatoms. The van der Waals surface area contributed by atoms with E-state index >= 15 is 0 Å². The van der Waals surface area contributed by atoms with Crippen molar-refractivity contribution in [3.63, 3.8) is 0 Å². The molecule has 1 aromatic carbocycles. The van der Waals surface area contributed by atoms with Gasteiger partial charge in [-0.2, -0.15) is 0 Å². The molecule has 1 aliphatic rings. The third kappa shape index (κ3) is 4.17. The van der Waals surface area contributed by atoms with Crippen molar-refractivity contribution in [2.45, 2.75) is 37.2 Å². The number of nitrogens with two attached hydrogens (primary N) is 1. The van der Waals surface area contributed by atoms with Gasteiger partial charge in [-0.3, -0.25) is 0 Å². The summed E-state index contributed by atoms with van der Waals surface area (Å²) in [4.78, 5) is 0.200. The molecule has 0 amide bonds. The van der Waals surface area contributed by atoms with Crippen LogP contribution in [0.15, 0.2) is 23.1 Å². The molecule has 1 heterocycles. The van der Waals surface area contributed by atoms with Crippen LogP contribution in [-0.2, 0) is 21.3 Å². The summed E-state index contributed by atoms with van der Waals surface area (Å²) in [7, 11) is -3.56. The Bertz CT molecular complexity index is 586. The Morgan fingerprint density at radius 2 is 2.10 bits per heavy atom. The van der Waals surface area contributed by atoms with E-state index in [1.54, 1.807) is 6.07 Å². The van der Waals surface area contributed by atoms with Gasteiger partial charge < -0.3 is 10.5 Å². The van der Waals surface area contributed by atoms with Crippen molar-refractivity contribution in [1.82, 2.24) is 4.72 Å². The fourth-order valence-electron chi connectivity index (χ4n) is 2.50. The molecule has 1 atom stereocenters. The van der Waals surface area contributed by atoms with Gasteiger partial charge in [0, 0.05) is 30.8 Å². The van der Waals surface area contributed by atoms with Gasteiger partial charge in [-0.15, -0.1) is 0 Å². The Kier molecular flexibility index (Phi) is 5.62. The van der Waals surface area contributed by atoms with Gasteiger partial charge in [0.05, 0.1) is 4.90 Å². The summed E-state index contributed by atoms with van der Waals surface area (Å²) in [5.41, 5.74) is 6.19. The zero-order valence-corrected chi connectivity index (χ0v) is 13.6. The molecule has 0 bridgehead atoms. The molecule has 0 spiro atoms. The molecule has 1 saturated heterocycles. The van der Waals surface area contributed by atoms with Crippen LogP contribution in [0.1, 0.15) is 25.3 Å². The van der Waals surface area contributed by atoms with Crippen molar-refractivity contribution < 1.29 is 13.2 Å². The number of ether oxygens (including phenoxy) is 1. The van der Waals surface area contributed by atoms with Crippen LogP contribution in [0.5, 0.6) is 0 Å². The van der Waals surface area contributed by atoms with E-state index < -0.39 is 10.0 Å². The van der Waals surface area contributed by atoms with Gasteiger partial charge >= 0.3 is 0 Å². The van der Waals surface area contributed by atoms with E-state index in [1.165, 1.54) is 12.1 Å². The van der Waals surface area contributed by atoms with E-state index in [9.17, 15) is 8.42 Å². The number of halogens is 1. The Hall–Kier alpha value is -0.660. The van der Waals surface area contributed by atoms with E-state index in [-0.39, 0.29) is 17.5 Å². The number of hydrogen-bond acceptors (Lipinski definition) is 4. The summed E-state index contributed by atoms with van der Waals surface area (Å²) in [6.45, 7) is 3.48. The van der Waals surface area contributed by atoms with Crippen LogP contribution >= 0.6 is 11.6 Å². The third-order valence-corrected chi connectivity index (χ3v) is 5.79. The third-order valence-electron chi connectivity index (χ3n) is 3.86. The fourth-order valence-corrected chi connectivity index (χ4v) is 4.06. The molecule has 0 saturated carbocycles. The van der Waals surface area contributed by atoms with Gasteiger partial charge in [0.2, 0.25) is 10.0 Å². The highest BCUT2D eigenvalue weighted by Crippen LogP contribution is 2.23. The van der Waals surface area contributed by atoms with E-state index in [4.69, 9.17) is 22.1 Å². The molecule has 1 aromatic rings. The zero-order valence-electron chi connectivity index (χ0n) is 12.0. The normalized spacial score (nSPS) is 18.6. The number of rotatable bonds is 5. The Labute approximate surface area is 130 Å². The summed E-state index contributed by atoms with van der Waals surface area (Å²) in [6, 6.07) is 4.47. The summed E-state index contributed by atoms with van der Waals surface area (Å²) in [6.07, 6.45) is 1.75. The van der Waals surface area contributed by atoms with E-state index in [1.807, 2.05) is 6.92 Å². The molecule has 118 valence electrons. The first-order valence-corrected chi connectivity index (χ1v) is 8.88. The Morgan fingerprint density at radius 3 is 2.71 bits per heavy atom. The SMILES string of the molecule is CC(NS(=O)(=O)c1ccc(Cl)c(CN)c1)C1CCOCC1. The van der Waals surface area contributed by atoms with Crippen LogP contribution in [0.2, 0.25) is 5.02 Å². The van der Waals surface area contributed by atoms with Crippen molar-refractivity contribution in [3.05, 3.63) is 28.8 Å². The van der Waals surface area contributed by atoms with Crippen LogP contribution in [0.4, 0.5) is 0 Å². The van der Waals surface area contributed by atoms with Crippen molar-refractivity contribution in [2.24, 2.45) is 11.7 Å². The van der Waals surface area contributed by atoms with Crippen LogP contribution in [0.25, 0.3) is 0 Å². The first kappa shape index (κ1) is 16.7. The monoisotopic (exact) mass is 332 g/mol. The van der Waals surface area contributed by atoms with Crippen molar-refractivity contribution >= 4 is 21.6 Å². The second-order valence-electron chi connectivity index (χ2n) is 5.32. The average molecular weight is 333 g/mol. The van der Waals surface area contributed by atoms with Gasteiger partial charge in [0.1, 0.15) is 0 Å². The molecule has 1 fully saturated rings. The fraction of sp³-hybridized carbons (Fsp3) is 0.571. The molecule has 1 aliphatic heterocycles. The van der Waals surface area contributed by atoms with Gasteiger partial charge in [-0.05, 0) is 49.4 Å². The molecule has 0 aliphatic carbocycles. The van der Waals surface area contributed by atoms with Crippen molar-refractivity contribution in [1.29, 1.82) is 0 Å². The molecular formula is C14H21ClN2O3S. The summed E-state index contributed by atoms with van der Waals surface area (Å²) in [5, 5.41) is 0.480. The van der Waals surface area contributed by atoms with Crippen LogP contribution in [0.3, 0.4) is 0 Å². The molecule has 2 rings (SSSR count). The smallest absolute Gasteiger partial charge is 0.240 e. The second-order valence-corrected chi connectivity index (χ2v) is 7.44. The minimum absolute atomic E-state index is 0.129. The van der Waals surface area contributed by atoms with Gasteiger partial charge in [0.15, 0.2) is 0 Å².